The van der Waals surface area contributed by atoms with E-state index in [4.69, 9.17) is 14.2 Å². The maximum absolute atomic E-state index is 12.9. The molecule has 0 aromatic rings. The highest BCUT2D eigenvalue weighted by molar-refractivity contribution is 5.71. The first-order chi connectivity index (χ1) is 36.5. The minimum absolute atomic E-state index is 0.0842. The minimum Gasteiger partial charge on any atom is -0.462 e. The SMILES string of the molecule is CC/C=C\C/C=C\C/C=C\C/C=C\C/C=C\CCCCCCCCCC(=O)OCC(COC(=O)CCCCCCC/C=C\CCCCC)OC(=O)CCCCCCCCCCC/C=C\CCCCCCCCCC. The molecule has 6 nitrogen and oxygen atoms in total. The fourth-order valence-electron chi connectivity index (χ4n) is 8.87. The molecule has 0 heterocycles. The third-order valence-electron chi connectivity index (χ3n) is 13.6. The van der Waals surface area contributed by atoms with Crippen molar-refractivity contribution in [1.29, 1.82) is 0 Å². The maximum atomic E-state index is 12.9. The van der Waals surface area contributed by atoms with Crippen molar-refractivity contribution >= 4 is 17.9 Å². The highest BCUT2D eigenvalue weighted by Crippen LogP contribution is 2.16. The summed E-state index contributed by atoms with van der Waals surface area (Å²) in [6, 6.07) is 0. The molecule has 1 unspecified atom stereocenters. The van der Waals surface area contributed by atoms with Crippen LogP contribution in [0.5, 0.6) is 0 Å². The molecule has 0 bridgehead atoms. The fraction of sp³-hybridized carbons (Fsp3) is 0.750. The summed E-state index contributed by atoms with van der Waals surface area (Å²) < 4.78 is 16.9. The van der Waals surface area contributed by atoms with E-state index in [0.717, 1.165) is 103 Å². The molecule has 0 aliphatic heterocycles. The summed E-state index contributed by atoms with van der Waals surface area (Å²) in [7, 11) is 0. The maximum Gasteiger partial charge on any atom is 0.306 e. The molecule has 0 fully saturated rings. The average molecular weight is 1030 g/mol. The molecule has 0 radical (unpaired) electrons. The van der Waals surface area contributed by atoms with Gasteiger partial charge in [0.25, 0.3) is 0 Å². The lowest BCUT2D eigenvalue weighted by atomic mass is 10.1. The van der Waals surface area contributed by atoms with Crippen LogP contribution in [0.3, 0.4) is 0 Å². The Morgan fingerprint density at radius 1 is 0.284 bits per heavy atom. The number of rotatable bonds is 57. The molecule has 0 N–H and O–H groups in total. The lowest BCUT2D eigenvalue weighted by Gasteiger charge is -2.18. The van der Waals surface area contributed by atoms with Crippen LogP contribution in [0.2, 0.25) is 0 Å². The molecule has 6 heteroatoms. The number of carbonyl (C=O) groups excluding carboxylic acids is 3. The lowest BCUT2D eigenvalue weighted by Crippen LogP contribution is -2.30. The molecular formula is C68H118O6. The predicted molar refractivity (Wildman–Crippen MR) is 321 cm³/mol. The molecule has 0 aliphatic rings. The Kier molecular flexibility index (Phi) is 59.3. The van der Waals surface area contributed by atoms with Gasteiger partial charge in [-0.3, -0.25) is 14.4 Å². The average Bonchev–Trinajstić information content (AvgIpc) is 3.40. The number of carbonyl (C=O) groups is 3. The van der Waals surface area contributed by atoms with Crippen LogP contribution in [0.25, 0.3) is 0 Å². The number of hydrogen-bond acceptors (Lipinski definition) is 6. The van der Waals surface area contributed by atoms with E-state index in [0.29, 0.717) is 19.3 Å². The first-order valence-corrected chi connectivity index (χ1v) is 31.6. The van der Waals surface area contributed by atoms with Gasteiger partial charge in [0, 0.05) is 19.3 Å². The van der Waals surface area contributed by atoms with Crippen LogP contribution < -0.4 is 0 Å². The van der Waals surface area contributed by atoms with E-state index in [1.54, 1.807) is 0 Å². The van der Waals surface area contributed by atoms with Crippen LogP contribution in [-0.2, 0) is 28.6 Å². The standard InChI is InChI=1S/C68H118O6/c1-4-7-10-13-16-19-22-25-27-29-31-33-34-36-37-39-41-43-46-49-52-55-58-61-67(70)73-64-65(63-72-66(69)60-57-54-51-48-45-24-21-18-15-12-9-6-3)74-68(71)62-59-56-53-50-47-44-42-40-38-35-32-30-28-26-23-20-17-14-11-8-5-2/h7,10,16,18-19,21,25,27,30-33,36-37,65H,4-6,8-9,11-15,17,20,22-24,26,28-29,34-35,38-64H2,1-3H3/b10-7-,19-16-,21-18-,27-25-,32-30-,33-31-,37-36-. The molecule has 1 atom stereocenters. The van der Waals surface area contributed by atoms with E-state index < -0.39 is 6.10 Å². The zero-order chi connectivity index (χ0) is 53.6. The van der Waals surface area contributed by atoms with Crippen molar-refractivity contribution in [3.8, 4) is 0 Å². The van der Waals surface area contributed by atoms with Gasteiger partial charge in [-0.1, -0.05) is 260 Å². The van der Waals surface area contributed by atoms with Crippen molar-refractivity contribution in [2.75, 3.05) is 13.2 Å². The molecule has 0 amide bonds. The first kappa shape index (κ1) is 70.6. The molecule has 74 heavy (non-hydrogen) atoms. The van der Waals surface area contributed by atoms with E-state index in [1.165, 1.54) is 167 Å². The van der Waals surface area contributed by atoms with E-state index in [-0.39, 0.29) is 31.1 Å². The summed E-state index contributed by atoms with van der Waals surface area (Å²) >= 11 is 0. The molecule has 0 rings (SSSR count). The zero-order valence-electron chi connectivity index (χ0n) is 48.8. The van der Waals surface area contributed by atoms with Gasteiger partial charge in [0.05, 0.1) is 0 Å². The number of hydrogen-bond donors (Lipinski definition) is 0. The Balaban J connectivity index is 4.34. The Bertz CT molecular complexity index is 1420. The third kappa shape index (κ3) is 59.5. The summed E-state index contributed by atoms with van der Waals surface area (Å²) in [4.78, 5) is 38.3. The van der Waals surface area contributed by atoms with Crippen molar-refractivity contribution in [2.45, 2.75) is 316 Å². The van der Waals surface area contributed by atoms with Crippen molar-refractivity contribution in [1.82, 2.24) is 0 Å². The Hall–Kier alpha value is -3.41. The molecule has 0 aromatic carbocycles. The normalized spacial score (nSPS) is 12.6. The van der Waals surface area contributed by atoms with E-state index in [1.807, 2.05) is 0 Å². The largest absolute Gasteiger partial charge is 0.462 e. The summed E-state index contributed by atoms with van der Waals surface area (Å²) in [5, 5.41) is 0. The van der Waals surface area contributed by atoms with Crippen LogP contribution in [0.4, 0.5) is 0 Å². The smallest absolute Gasteiger partial charge is 0.306 e. The van der Waals surface area contributed by atoms with Gasteiger partial charge in [0.1, 0.15) is 13.2 Å². The van der Waals surface area contributed by atoms with Crippen LogP contribution >= 0.6 is 0 Å². The number of unbranched alkanes of at least 4 members (excludes halogenated alkanes) is 32. The van der Waals surface area contributed by atoms with Crippen LogP contribution in [-0.4, -0.2) is 37.2 Å². The zero-order valence-corrected chi connectivity index (χ0v) is 48.8. The van der Waals surface area contributed by atoms with Gasteiger partial charge >= 0.3 is 17.9 Å². The van der Waals surface area contributed by atoms with Gasteiger partial charge in [-0.2, -0.15) is 0 Å². The van der Waals surface area contributed by atoms with Crippen LogP contribution in [0.1, 0.15) is 310 Å². The van der Waals surface area contributed by atoms with Gasteiger partial charge in [0.15, 0.2) is 6.10 Å². The van der Waals surface area contributed by atoms with Gasteiger partial charge in [-0.25, -0.2) is 0 Å². The summed E-state index contributed by atoms with van der Waals surface area (Å²) in [6.45, 7) is 6.51. The summed E-state index contributed by atoms with van der Waals surface area (Å²) in [6.07, 6.45) is 81.6. The topological polar surface area (TPSA) is 78.9 Å². The Morgan fingerprint density at radius 3 is 0.865 bits per heavy atom. The minimum atomic E-state index is -0.787. The van der Waals surface area contributed by atoms with Crippen molar-refractivity contribution in [2.24, 2.45) is 0 Å². The molecule has 0 aliphatic carbocycles. The van der Waals surface area contributed by atoms with E-state index in [9.17, 15) is 14.4 Å². The Labute approximate surface area is 458 Å². The number of ether oxygens (including phenoxy) is 3. The van der Waals surface area contributed by atoms with E-state index >= 15 is 0 Å². The first-order valence-electron chi connectivity index (χ1n) is 31.6. The molecular weight excluding hydrogens is 913 g/mol. The monoisotopic (exact) mass is 1030 g/mol. The summed E-state index contributed by atoms with van der Waals surface area (Å²) in [5.41, 5.74) is 0. The van der Waals surface area contributed by atoms with Crippen molar-refractivity contribution < 1.29 is 28.6 Å². The van der Waals surface area contributed by atoms with Gasteiger partial charge in [-0.05, 0) is 116 Å². The van der Waals surface area contributed by atoms with Gasteiger partial charge in [0.2, 0.25) is 0 Å². The molecule has 0 saturated carbocycles. The summed E-state index contributed by atoms with van der Waals surface area (Å²) in [5.74, 6) is -0.895. The second kappa shape index (κ2) is 62.1. The second-order valence-electron chi connectivity index (χ2n) is 20.9. The van der Waals surface area contributed by atoms with Crippen molar-refractivity contribution in [3.05, 3.63) is 85.1 Å². The number of esters is 3. The molecule has 0 saturated heterocycles. The highest BCUT2D eigenvalue weighted by Gasteiger charge is 2.19. The highest BCUT2D eigenvalue weighted by atomic mass is 16.6. The quantitative estimate of drug-likeness (QED) is 0.0261. The fourth-order valence-corrected chi connectivity index (χ4v) is 8.87. The van der Waals surface area contributed by atoms with Gasteiger partial charge in [-0.15, -0.1) is 0 Å². The molecule has 0 spiro atoms. The molecule has 0 aromatic heterocycles. The van der Waals surface area contributed by atoms with Crippen molar-refractivity contribution in [3.63, 3.8) is 0 Å². The predicted octanol–water partition coefficient (Wildman–Crippen LogP) is 21.5. The third-order valence-corrected chi connectivity index (χ3v) is 13.6. The number of allylic oxidation sites excluding steroid dienone is 14. The van der Waals surface area contributed by atoms with Gasteiger partial charge < -0.3 is 14.2 Å². The Morgan fingerprint density at radius 2 is 0.527 bits per heavy atom. The lowest BCUT2D eigenvalue weighted by molar-refractivity contribution is -0.167. The van der Waals surface area contributed by atoms with Crippen LogP contribution in [0.15, 0.2) is 85.1 Å². The van der Waals surface area contributed by atoms with E-state index in [2.05, 4.69) is 106 Å². The second-order valence-corrected chi connectivity index (χ2v) is 20.9. The molecule has 426 valence electrons. The van der Waals surface area contributed by atoms with Crippen LogP contribution in [0, 0.1) is 0 Å².